The van der Waals surface area contributed by atoms with E-state index in [1.807, 2.05) is 0 Å². The van der Waals surface area contributed by atoms with Crippen LogP contribution < -0.4 is 0 Å². The fraction of sp³-hybridized carbons (Fsp3) is 0.770. The molecule has 0 heterocycles. The lowest BCUT2D eigenvalue weighted by atomic mass is 10.1. The van der Waals surface area contributed by atoms with Gasteiger partial charge in [-0.15, -0.1) is 0 Å². The summed E-state index contributed by atoms with van der Waals surface area (Å²) in [5.74, 6) is -0.409. The van der Waals surface area contributed by atoms with E-state index in [-0.39, 0.29) is 25.2 Å². The van der Waals surface area contributed by atoms with Crippen LogP contribution in [0.5, 0.6) is 0 Å². The van der Waals surface area contributed by atoms with E-state index in [0.29, 0.717) is 19.4 Å². The molecule has 1 atom stereocenters. The van der Waals surface area contributed by atoms with Crippen molar-refractivity contribution in [1.29, 1.82) is 0 Å². The summed E-state index contributed by atoms with van der Waals surface area (Å²) in [6.45, 7) is 7.68. The van der Waals surface area contributed by atoms with E-state index in [1.165, 1.54) is 167 Å². The highest BCUT2D eigenvalue weighted by Gasteiger charge is 2.17. The van der Waals surface area contributed by atoms with Gasteiger partial charge in [-0.05, 0) is 109 Å². The van der Waals surface area contributed by atoms with E-state index >= 15 is 0 Å². The van der Waals surface area contributed by atoms with E-state index in [1.54, 1.807) is 0 Å². The first-order valence-electron chi connectivity index (χ1n) is 28.5. The van der Waals surface area contributed by atoms with Crippen molar-refractivity contribution in [3.05, 3.63) is 72.9 Å². The Balaban J connectivity index is 4.26. The van der Waals surface area contributed by atoms with Gasteiger partial charge in [-0.1, -0.05) is 229 Å². The molecule has 0 radical (unpaired) electrons. The third kappa shape index (κ3) is 54.0. The minimum absolute atomic E-state index is 0.0758. The molecule has 0 N–H and O–H groups in total. The highest BCUT2D eigenvalue weighted by molar-refractivity contribution is 5.70. The molecule has 382 valence electrons. The van der Waals surface area contributed by atoms with E-state index in [2.05, 4.69) is 93.7 Å². The van der Waals surface area contributed by atoms with Crippen molar-refractivity contribution in [2.45, 2.75) is 284 Å². The number of hydrogen-bond donors (Lipinski definition) is 0. The van der Waals surface area contributed by atoms with Crippen molar-refractivity contribution in [2.24, 2.45) is 0 Å². The van der Waals surface area contributed by atoms with Gasteiger partial charge in [0.05, 0.1) is 6.61 Å². The van der Waals surface area contributed by atoms with Gasteiger partial charge in [-0.25, -0.2) is 0 Å². The quantitative estimate of drug-likeness (QED) is 0.0346. The molecule has 0 saturated carbocycles. The summed E-state index contributed by atoms with van der Waals surface area (Å²) in [5, 5.41) is 0. The van der Waals surface area contributed by atoms with Crippen LogP contribution in [0.2, 0.25) is 0 Å². The molecular weight excluding hydrogens is 813 g/mol. The van der Waals surface area contributed by atoms with Gasteiger partial charge in [0.15, 0.2) is 6.10 Å². The Morgan fingerprint density at radius 1 is 0.348 bits per heavy atom. The lowest BCUT2D eigenvalue weighted by Crippen LogP contribution is -2.30. The molecule has 0 bridgehead atoms. The Morgan fingerprint density at radius 2 is 0.682 bits per heavy atom. The number of hydrogen-bond acceptors (Lipinski definition) is 5. The minimum atomic E-state index is -0.548. The number of rotatable bonds is 52. The van der Waals surface area contributed by atoms with Crippen LogP contribution in [0.3, 0.4) is 0 Å². The summed E-state index contributed by atoms with van der Waals surface area (Å²) in [4.78, 5) is 25.5. The van der Waals surface area contributed by atoms with Crippen LogP contribution in [0.25, 0.3) is 0 Å². The van der Waals surface area contributed by atoms with E-state index in [0.717, 1.165) is 77.0 Å². The van der Waals surface area contributed by atoms with Gasteiger partial charge in [-0.3, -0.25) is 9.59 Å². The van der Waals surface area contributed by atoms with Crippen LogP contribution >= 0.6 is 0 Å². The number of unbranched alkanes of at least 4 members (excludes halogenated alkanes) is 29. The summed E-state index contributed by atoms with van der Waals surface area (Å²) in [5.41, 5.74) is 0. The standard InChI is InChI=1S/C61H108O5/c1-4-7-10-13-16-19-22-25-27-29-31-32-34-37-39-42-45-48-51-54-60(62)65-58-59(66-61(63)55-52-49-46-43-40-36-24-21-18-15-12-9-6-3)57-64-56-53-50-47-44-41-38-35-33-30-28-26-23-20-17-14-11-8-5-2/h8,11,16-17,19-21,24-28,59H,4-7,9-10,12-15,18,22-23,29-58H2,1-3H3/b11-8-,19-16-,20-17-,24-21-,27-25-,28-26-. The molecule has 1 unspecified atom stereocenters. The lowest BCUT2D eigenvalue weighted by Gasteiger charge is -2.18. The fourth-order valence-corrected chi connectivity index (χ4v) is 7.96. The summed E-state index contributed by atoms with van der Waals surface area (Å²) in [7, 11) is 0. The number of allylic oxidation sites excluding steroid dienone is 12. The molecule has 5 heteroatoms. The van der Waals surface area contributed by atoms with Gasteiger partial charge in [-0.2, -0.15) is 0 Å². The second-order valence-electron chi connectivity index (χ2n) is 18.8. The average molecular weight is 922 g/mol. The molecule has 0 spiro atoms. The first-order valence-corrected chi connectivity index (χ1v) is 28.5. The SMILES string of the molecule is CC/C=C\C/C=C\C/C=C\CCCCCCCCCCOCC(COC(=O)CCCCCCCCCCC/C=C\C/C=C\CCCCC)OC(=O)CCCCCCC/C=C\CCCCCC. The molecule has 0 saturated heterocycles. The van der Waals surface area contributed by atoms with Gasteiger partial charge in [0, 0.05) is 19.4 Å². The zero-order valence-electron chi connectivity index (χ0n) is 44.0. The molecule has 0 rings (SSSR count). The molecule has 0 amide bonds. The summed E-state index contributed by atoms with van der Waals surface area (Å²) < 4.78 is 17.5. The predicted molar refractivity (Wildman–Crippen MR) is 288 cm³/mol. The zero-order valence-corrected chi connectivity index (χ0v) is 44.0. The Labute approximate surface area is 410 Å². The second kappa shape index (κ2) is 56.7. The molecule has 0 aliphatic carbocycles. The molecule has 0 aliphatic heterocycles. The van der Waals surface area contributed by atoms with E-state index in [4.69, 9.17) is 14.2 Å². The number of carbonyl (C=O) groups is 2. The van der Waals surface area contributed by atoms with Crippen molar-refractivity contribution in [3.63, 3.8) is 0 Å². The topological polar surface area (TPSA) is 61.8 Å². The third-order valence-corrected chi connectivity index (χ3v) is 12.2. The molecule has 0 aromatic carbocycles. The molecule has 0 aromatic rings. The summed E-state index contributed by atoms with van der Waals surface area (Å²) in [6.07, 6.45) is 73.4. The highest BCUT2D eigenvalue weighted by atomic mass is 16.6. The molecule has 5 nitrogen and oxygen atoms in total. The smallest absolute Gasteiger partial charge is 0.306 e. The Kier molecular flexibility index (Phi) is 54.4. The van der Waals surface area contributed by atoms with Crippen LogP contribution in [0.4, 0.5) is 0 Å². The highest BCUT2D eigenvalue weighted by Crippen LogP contribution is 2.15. The predicted octanol–water partition coefficient (Wildman–Crippen LogP) is 19.5. The van der Waals surface area contributed by atoms with Gasteiger partial charge >= 0.3 is 11.9 Å². The molecule has 66 heavy (non-hydrogen) atoms. The number of carbonyl (C=O) groups excluding carboxylic acids is 2. The van der Waals surface area contributed by atoms with Crippen LogP contribution in [0.1, 0.15) is 278 Å². The summed E-state index contributed by atoms with van der Waals surface area (Å²) >= 11 is 0. The minimum Gasteiger partial charge on any atom is -0.462 e. The van der Waals surface area contributed by atoms with Crippen molar-refractivity contribution < 1.29 is 23.8 Å². The Bertz CT molecular complexity index is 1180. The second-order valence-corrected chi connectivity index (χ2v) is 18.8. The Morgan fingerprint density at radius 3 is 1.14 bits per heavy atom. The van der Waals surface area contributed by atoms with Crippen LogP contribution in [0, 0.1) is 0 Å². The van der Waals surface area contributed by atoms with Crippen molar-refractivity contribution in [3.8, 4) is 0 Å². The van der Waals surface area contributed by atoms with E-state index < -0.39 is 6.10 Å². The average Bonchev–Trinajstić information content (AvgIpc) is 3.32. The maximum Gasteiger partial charge on any atom is 0.306 e. The van der Waals surface area contributed by atoms with Crippen molar-refractivity contribution in [2.75, 3.05) is 19.8 Å². The first-order chi connectivity index (χ1) is 32.6. The summed E-state index contributed by atoms with van der Waals surface area (Å²) in [6, 6.07) is 0. The largest absolute Gasteiger partial charge is 0.462 e. The maximum absolute atomic E-state index is 12.8. The third-order valence-electron chi connectivity index (χ3n) is 12.2. The fourth-order valence-electron chi connectivity index (χ4n) is 7.96. The monoisotopic (exact) mass is 921 g/mol. The van der Waals surface area contributed by atoms with Crippen LogP contribution in [0.15, 0.2) is 72.9 Å². The molecular formula is C61H108O5. The van der Waals surface area contributed by atoms with E-state index in [9.17, 15) is 9.59 Å². The maximum atomic E-state index is 12.8. The first kappa shape index (κ1) is 63.3. The normalized spacial score (nSPS) is 12.7. The number of ether oxygens (including phenoxy) is 3. The lowest BCUT2D eigenvalue weighted by molar-refractivity contribution is -0.163. The molecule has 0 fully saturated rings. The van der Waals surface area contributed by atoms with Crippen molar-refractivity contribution >= 4 is 11.9 Å². The van der Waals surface area contributed by atoms with Gasteiger partial charge < -0.3 is 14.2 Å². The van der Waals surface area contributed by atoms with Crippen LogP contribution in [-0.4, -0.2) is 37.9 Å². The van der Waals surface area contributed by atoms with Crippen molar-refractivity contribution in [1.82, 2.24) is 0 Å². The molecule has 0 aliphatic rings. The van der Waals surface area contributed by atoms with Gasteiger partial charge in [0.1, 0.15) is 6.61 Å². The van der Waals surface area contributed by atoms with Gasteiger partial charge in [0.2, 0.25) is 0 Å². The number of esters is 2. The van der Waals surface area contributed by atoms with Gasteiger partial charge in [0.25, 0.3) is 0 Å². The zero-order chi connectivity index (χ0) is 47.7. The molecule has 0 aromatic heterocycles. The van der Waals surface area contributed by atoms with Crippen LogP contribution in [-0.2, 0) is 23.8 Å². The Hall–Kier alpha value is -2.66.